The zero-order valence-corrected chi connectivity index (χ0v) is 24.1. The second kappa shape index (κ2) is 11.3. The summed E-state index contributed by atoms with van der Waals surface area (Å²) >= 11 is 0. The zero-order valence-electron chi connectivity index (χ0n) is 24.1. The molecule has 2 aliphatic heterocycles. The number of hydrogen-bond donors (Lipinski definition) is 1. The van der Waals surface area contributed by atoms with Crippen LogP contribution in [-0.2, 0) is 13.6 Å². The minimum absolute atomic E-state index is 0.788. The van der Waals surface area contributed by atoms with Crippen LogP contribution in [0.3, 0.4) is 0 Å². The van der Waals surface area contributed by atoms with Crippen molar-refractivity contribution >= 4 is 28.1 Å². The lowest BCUT2D eigenvalue weighted by molar-refractivity contribution is 0.216. The van der Waals surface area contributed by atoms with Crippen LogP contribution in [0.1, 0.15) is 43.4 Å². The molecule has 8 nitrogen and oxygen atoms in total. The zero-order chi connectivity index (χ0) is 27.8. The average molecular weight is 549 g/mol. The maximum atomic E-state index is 4.69. The van der Waals surface area contributed by atoms with Gasteiger partial charge in [-0.2, -0.15) is 5.10 Å². The molecule has 41 heavy (non-hydrogen) atoms. The Morgan fingerprint density at radius 2 is 1.73 bits per heavy atom. The highest BCUT2D eigenvalue weighted by Gasteiger charge is 2.31. The molecule has 1 N–H and O–H groups in total. The number of aryl methyl sites for hydroxylation is 1. The van der Waals surface area contributed by atoms with Crippen LogP contribution in [0, 0.1) is 0 Å². The van der Waals surface area contributed by atoms with Crippen molar-refractivity contribution in [3.63, 3.8) is 0 Å². The van der Waals surface area contributed by atoms with Crippen molar-refractivity contribution in [3.05, 3.63) is 72.8 Å². The lowest BCUT2D eigenvalue weighted by atomic mass is 10.0. The highest BCUT2D eigenvalue weighted by Crippen LogP contribution is 2.31. The van der Waals surface area contributed by atoms with Gasteiger partial charge in [-0.1, -0.05) is 25.1 Å². The Morgan fingerprint density at radius 1 is 0.902 bits per heavy atom. The lowest BCUT2D eigenvalue weighted by Crippen LogP contribution is -2.47. The molecule has 212 valence electrons. The number of rotatable bonds is 8. The summed E-state index contributed by atoms with van der Waals surface area (Å²) in [5.41, 5.74) is 5.53. The topological polar surface area (TPSA) is 65.4 Å². The molecule has 1 saturated carbocycles. The molecule has 0 bridgehead atoms. The van der Waals surface area contributed by atoms with E-state index in [2.05, 4.69) is 74.1 Å². The summed E-state index contributed by atoms with van der Waals surface area (Å²) in [4.78, 5) is 16.9. The minimum Gasteiger partial charge on any atom is -0.354 e. The predicted molar refractivity (Wildman–Crippen MR) is 167 cm³/mol. The van der Waals surface area contributed by atoms with Crippen LogP contribution < -0.4 is 10.2 Å². The number of piperidine rings is 1. The molecule has 4 aromatic rings. The van der Waals surface area contributed by atoms with E-state index in [4.69, 9.17) is 4.98 Å². The normalized spacial score (nSPS) is 18.6. The Hall–Kier alpha value is -3.75. The van der Waals surface area contributed by atoms with Crippen LogP contribution in [-0.4, -0.2) is 74.9 Å². The first-order valence-corrected chi connectivity index (χ1v) is 15.2. The van der Waals surface area contributed by atoms with E-state index in [0.717, 1.165) is 72.4 Å². The van der Waals surface area contributed by atoms with Gasteiger partial charge in [0.05, 0.1) is 11.9 Å². The van der Waals surface area contributed by atoms with Gasteiger partial charge < -0.3 is 10.2 Å². The van der Waals surface area contributed by atoms with Crippen molar-refractivity contribution in [1.29, 1.82) is 0 Å². The third kappa shape index (κ3) is 5.72. The standard InChI is InChI=1S/C33H40N8/c1-24(25-10-11-34-33(20-25)41-16-14-40(15-17-41)29-8-9-29)37-32-19-28-18-26(6-7-27(28)21-35-32)30-22-36-38(2)31(30)23-39-12-4-3-5-13-39/h6-7,10-11,18-22,29H,1,3-5,8-9,12-17,23H2,2H3,(H,35,37). The van der Waals surface area contributed by atoms with Crippen molar-refractivity contribution in [3.8, 4) is 11.1 Å². The summed E-state index contributed by atoms with van der Waals surface area (Å²) in [5.74, 6) is 1.81. The van der Waals surface area contributed by atoms with E-state index >= 15 is 0 Å². The third-order valence-corrected chi connectivity index (χ3v) is 8.99. The number of benzene rings is 1. The van der Waals surface area contributed by atoms with Gasteiger partial charge in [-0.3, -0.25) is 14.5 Å². The van der Waals surface area contributed by atoms with Crippen LogP contribution in [0.2, 0.25) is 0 Å². The molecule has 0 spiro atoms. The summed E-state index contributed by atoms with van der Waals surface area (Å²) in [6.07, 6.45) is 12.5. The number of aromatic nitrogens is 4. The number of piperazine rings is 1. The molecule has 1 aliphatic carbocycles. The second-order valence-corrected chi connectivity index (χ2v) is 11.9. The fourth-order valence-corrected chi connectivity index (χ4v) is 6.36. The molecule has 3 aromatic heterocycles. The van der Waals surface area contributed by atoms with Gasteiger partial charge in [-0.25, -0.2) is 9.97 Å². The minimum atomic E-state index is 0.788. The first-order valence-electron chi connectivity index (χ1n) is 15.2. The van der Waals surface area contributed by atoms with Gasteiger partial charge in [-0.05, 0) is 74.0 Å². The molecule has 7 rings (SSSR count). The van der Waals surface area contributed by atoms with E-state index in [1.165, 1.54) is 62.0 Å². The fraction of sp³-hybridized carbons (Fsp3) is 0.424. The summed E-state index contributed by atoms with van der Waals surface area (Å²) in [6.45, 7) is 11.9. The molecule has 0 amide bonds. The number of nitrogens with zero attached hydrogens (tertiary/aromatic N) is 7. The first kappa shape index (κ1) is 26.2. The highest BCUT2D eigenvalue weighted by atomic mass is 15.3. The monoisotopic (exact) mass is 548 g/mol. The van der Waals surface area contributed by atoms with Crippen molar-refractivity contribution in [2.45, 2.75) is 44.7 Å². The third-order valence-electron chi connectivity index (χ3n) is 8.99. The molecular formula is C33H40N8. The van der Waals surface area contributed by atoms with Gasteiger partial charge in [0.15, 0.2) is 0 Å². The van der Waals surface area contributed by atoms with Crippen LogP contribution in [0.5, 0.6) is 0 Å². The quantitative estimate of drug-likeness (QED) is 0.317. The first-order chi connectivity index (χ1) is 20.1. The Labute approximate surface area is 242 Å². The molecule has 5 heterocycles. The maximum absolute atomic E-state index is 4.69. The number of pyridine rings is 2. The molecule has 8 heteroatoms. The number of hydrogen-bond acceptors (Lipinski definition) is 7. The molecule has 0 atom stereocenters. The van der Waals surface area contributed by atoms with Crippen LogP contribution in [0.4, 0.5) is 11.6 Å². The molecule has 2 saturated heterocycles. The van der Waals surface area contributed by atoms with Crippen molar-refractivity contribution in [2.24, 2.45) is 7.05 Å². The largest absolute Gasteiger partial charge is 0.354 e. The second-order valence-electron chi connectivity index (χ2n) is 11.9. The summed E-state index contributed by atoms with van der Waals surface area (Å²) < 4.78 is 2.04. The Balaban J connectivity index is 1.07. The summed E-state index contributed by atoms with van der Waals surface area (Å²) in [7, 11) is 2.06. The molecule has 3 aliphatic rings. The van der Waals surface area contributed by atoms with Crippen LogP contribution >= 0.6 is 0 Å². The van der Waals surface area contributed by atoms with E-state index in [-0.39, 0.29) is 0 Å². The molecule has 0 radical (unpaired) electrons. The van der Waals surface area contributed by atoms with Crippen molar-refractivity contribution < 1.29 is 0 Å². The molecule has 3 fully saturated rings. The average Bonchev–Trinajstić information content (AvgIpc) is 3.81. The van der Waals surface area contributed by atoms with E-state index in [1.807, 2.05) is 29.3 Å². The number of nitrogens with one attached hydrogen (secondary N) is 1. The van der Waals surface area contributed by atoms with Crippen LogP contribution in [0.15, 0.2) is 61.6 Å². The number of likely N-dealkylation sites (tertiary alicyclic amines) is 1. The number of anilines is 2. The fourth-order valence-electron chi connectivity index (χ4n) is 6.36. The van der Waals surface area contributed by atoms with Gasteiger partial charge >= 0.3 is 0 Å². The van der Waals surface area contributed by atoms with Gasteiger partial charge in [0.2, 0.25) is 0 Å². The van der Waals surface area contributed by atoms with E-state index in [0.29, 0.717) is 0 Å². The maximum Gasteiger partial charge on any atom is 0.130 e. The SMILES string of the molecule is C=C(Nc1cc2cc(-c3cnn(C)c3CN3CCCCC3)ccc2cn1)c1ccnc(N2CCN(C3CC3)CC2)c1. The van der Waals surface area contributed by atoms with E-state index in [1.54, 1.807) is 0 Å². The predicted octanol–water partition coefficient (Wildman–Crippen LogP) is 5.38. The Kier molecular flexibility index (Phi) is 7.19. The smallest absolute Gasteiger partial charge is 0.130 e. The summed E-state index contributed by atoms with van der Waals surface area (Å²) in [5, 5.41) is 10.3. The van der Waals surface area contributed by atoms with Crippen molar-refractivity contribution in [1.82, 2.24) is 29.5 Å². The Morgan fingerprint density at radius 3 is 2.54 bits per heavy atom. The molecule has 0 unspecified atom stereocenters. The molecular weight excluding hydrogens is 508 g/mol. The number of fused-ring (bicyclic) bond motifs is 1. The molecule has 1 aromatic carbocycles. The highest BCUT2D eigenvalue weighted by molar-refractivity contribution is 5.90. The van der Waals surface area contributed by atoms with E-state index in [9.17, 15) is 0 Å². The summed E-state index contributed by atoms with van der Waals surface area (Å²) in [6, 6.07) is 13.7. The Bertz CT molecular complexity index is 1540. The van der Waals surface area contributed by atoms with Gasteiger partial charge in [0, 0.05) is 80.4 Å². The van der Waals surface area contributed by atoms with Gasteiger partial charge in [-0.15, -0.1) is 0 Å². The van der Waals surface area contributed by atoms with Crippen molar-refractivity contribution in [2.75, 3.05) is 49.5 Å². The lowest BCUT2D eigenvalue weighted by Gasteiger charge is -2.35. The van der Waals surface area contributed by atoms with Gasteiger partial charge in [0.25, 0.3) is 0 Å². The van der Waals surface area contributed by atoms with Crippen LogP contribution in [0.25, 0.3) is 27.6 Å². The van der Waals surface area contributed by atoms with Gasteiger partial charge in [0.1, 0.15) is 11.6 Å². The van der Waals surface area contributed by atoms with E-state index < -0.39 is 0 Å².